The first-order valence-corrected chi connectivity index (χ1v) is 5.99. The molecular formula is C12H13BrN2O2. The van der Waals surface area contributed by atoms with Crippen LogP contribution in [0.4, 0.5) is 0 Å². The molecule has 90 valence electrons. The first-order chi connectivity index (χ1) is 8.06. The number of aliphatic hydroxyl groups excluding tert-OH is 1. The zero-order valence-electron chi connectivity index (χ0n) is 9.59. The van der Waals surface area contributed by atoms with E-state index >= 15 is 0 Å². The summed E-state index contributed by atoms with van der Waals surface area (Å²) in [6.07, 6.45) is 2.95. The van der Waals surface area contributed by atoms with E-state index in [1.807, 2.05) is 25.2 Å². The summed E-state index contributed by atoms with van der Waals surface area (Å²) in [5.41, 5.74) is 0.843. The van der Waals surface area contributed by atoms with Crippen molar-refractivity contribution < 1.29 is 9.84 Å². The zero-order chi connectivity index (χ0) is 12.4. The predicted molar refractivity (Wildman–Crippen MR) is 68.1 cm³/mol. The van der Waals surface area contributed by atoms with Gasteiger partial charge in [-0.25, -0.2) is 0 Å². The highest BCUT2D eigenvalue weighted by atomic mass is 79.9. The van der Waals surface area contributed by atoms with Crippen LogP contribution in [0, 0.1) is 0 Å². The summed E-state index contributed by atoms with van der Waals surface area (Å²) in [5.74, 6) is 1.38. The van der Waals surface area contributed by atoms with Crippen LogP contribution in [-0.4, -0.2) is 14.9 Å². The summed E-state index contributed by atoms with van der Waals surface area (Å²) in [5, 5.41) is 13.5. The third-order valence-corrected chi connectivity index (χ3v) is 2.97. The van der Waals surface area contributed by atoms with Gasteiger partial charge in [0.25, 0.3) is 0 Å². The lowest BCUT2D eigenvalue weighted by Gasteiger charge is -2.09. The van der Waals surface area contributed by atoms with Crippen LogP contribution in [0.1, 0.15) is 18.6 Å². The highest BCUT2D eigenvalue weighted by Crippen LogP contribution is 2.31. The molecule has 0 spiro atoms. The van der Waals surface area contributed by atoms with Crippen LogP contribution in [0.15, 0.2) is 35.1 Å². The van der Waals surface area contributed by atoms with E-state index in [1.54, 1.807) is 24.0 Å². The number of aliphatic hydroxyl groups is 1. The number of aryl methyl sites for hydroxylation is 1. The molecule has 1 aromatic heterocycles. The van der Waals surface area contributed by atoms with Gasteiger partial charge in [0.15, 0.2) is 5.75 Å². The van der Waals surface area contributed by atoms with Crippen LogP contribution >= 0.6 is 15.9 Å². The highest BCUT2D eigenvalue weighted by Gasteiger charge is 2.07. The van der Waals surface area contributed by atoms with Crippen LogP contribution in [0.2, 0.25) is 0 Å². The Hall–Kier alpha value is -1.33. The number of benzene rings is 1. The van der Waals surface area contributed by atoms with Gasteiger partial charge in [0.05, 0.1) is 23.0 Å². The minimum absolute atomic E-state index is 0.487. The maximum atomic E-state index is 9.46. The van der Waals surface area contributed by atoms with E-state index in [2.05, 4.69) is 21.0 Å². The van der Waals surface area contributed by atoms with Crippen molar-refractivity contribution >= 4 is 15.9 Å². The molecule has 0 aliphatic rings. The molecule has 1 atom stereocenters. The average molecular weight is 297 g/mol. The molecule has 4 nitrogen and oxygen atoms in total. The van der Waals surface area contributed by atoms with Crippen LogP contribution in [0.5, 0.6) is 11.5 Å². The topological polar surface area (TPSA) is 47.3 Å². The SMILES string of the molecule is C[C@H](O)c1ccc(Oc2cnn(C)c2)c(Br)c1. The van der Waals surface area contributed by atoms with Crippen molar-refractivity contribution in [2.24, 2.45) is 7.05 Å². The Labute approximate surface area is 108 Å². The highest BCUT2D eigenvalue weighted by molar-refractivity contribution is 9.10. The van der Waals surface area contributed by atoms with Gasteiger partial charge >= 0.3 is 0 Å². The predicted octanol–water partition coefficient (Wildman–Crippen LogP) is 3.03. The molecule has 0 unspecified atom stereocenters. The minimum Gasteiger partial charge on any atom is -0.453 e. The average Bonchev–Trinajstić information content (AvgIpc) is 2.67. The van der Waals surface area contributed by atoms with Gasteiger partial charge in [-0.15, -0.1) is 0 Å². The third-order valence-electron chi connectivity index (χ3n) is 2.35. The van der Waals surface area contributed by atoms with E-state index in [4.69, 9.17) is 4.74 Å². The zero-order valence-corrected chi connectivity index (χ0v) is 11.2. The molecule has 0 aliphatic heterocycles. The summed E-state index contributed by atoms with van der Waals surface area (Å²) >= 11 is 3.42. The molecule has 0 radical (unpaired) electrons. The Bertz CT molecular complexity index is 523. The minimum atomic E-state index is -0.487. The molecule has 5 heteroatoms. The maximum absolute atomic E-state index is 9.46. The van der Waals surface area contributed by atoms with Gasteiger partial charge in [0.2, 0.25) is 0 Å². The van der Waals surface area contributed by atoms with Gasteiger partial charge in [-0.2, -0.15) is 5.10 Å². The molecule has 0 saturated carbocycles. The summed E-state index contributed by atoms with van der Waals surface area (Å²) < 4.78 is 8.13. The van der Waals surface area contributed by atoms with Crippen LogP contribution in [0.25, 0.3) is 0 Å². The number of halogens is 1. The van der Waals surface area contributed by atoms with E-state index in [1.165, 1.54) is 0 Å². The molecule has 2 rings (SSSR count). The van der Waals surface area contributed by atoms with Crippen molar-refractivity contribution in [3.8, 4) is 11.5 Å². The first-order valence-electron chi connectivity index (χ1n) is 5.20. The number of hydrogen-bond donors (Lipinski definition) is 1. The fourth-order valence-corrected chi connectivity index (χ4v) is 1.92. The monoisotopic (exact) mass is 296 g/mol. The molecule has 1 N–H and O–H groups in total. The van der Waals surface area contributed by atoms with Gasteiger partial charge in [0, 0.05) is 7.05 Å². The second-order valence-electron chi connectivity index (χ2n) is 3.82. The molecule has 0 aliphatic carbocycles. The van der Waals surface area contributed by atoms with E-state index in [0.29, 0.717) is 11.5 Å². The Morgan fingerprint density at radius 1 is 1.47 bits per heavy atom. The molecule has 0 amide bonds. The van der Waals surface area contributed by atoms with Crippen molar-refractivity contribution in [1.82, 2.24) is 9.78 Å². The fourth-order valence-electron chi connectivity index (χ4n) is 1.44. The molecule has 1 aromatic carbocycles. The Morgan fingerprint density at radius 2 is 2.24 bits per heavy atom. The van der Waals surface area contributed by atoms with E-state index in [-0.39, 0.29) is 0 Å². The van der Waals surface area contributed by atoms with Gasteiger partial charge in [-0.3, -0.25) is 4.68 Å². The Balaban J connectivity index is 2.22. The van der Waals surface area contributed by atoms with Crippen molar-refractivity contribution in [3.05, 3.63) is 40.6 Å². The smallest absolute Gasteiger partial charge is 0.165 e. The molecule has 0 fully saturated rings. The second kappa shape index (κ2) is 4.89. The van der Waals surface area contributed by atoms with Crippen LogP contribution in [-0.2, 0) is 7.05 Å². The summed E-state index contributed by atoms with van der Waals surface area (Å²) in [4.78, 5) is 0. The van der Waals surface area contributed by atoms with E-state index in [9.17, 15) is 5.11 Å². The van der Waals surface area contributed by atoms with E-state index < -0.39 is 6.10 Å². The van der Waals surface area contributed by atoms with Crippen molar-refractivity contribution in [3.63, 3.8) is 0 Å². The van der Waals surface area contributed by atoms with Crippen molar-refractivity contribution in [2.45, 2.75) is 13.0 Å². The van der Waals surface area contributed by atoms with E-state index in [0.717, 1.165) is 10.0 Å². The first kappa shape index (κ1) is 12.1. The number of rotatable bonds is 3. The third kappa shape index (κ3) is 2.87. The maximum Gasteiger partial charge on any atom is 0.165 e. The summed E-state index contributed by atoms with van der Waals surface area (Å²) in [6, 6.07) is 5.50. The standard InChI is InChI=1S/C12H13BrN2O2/c1-8(16)9-3-4-12(11(13)5-9)17-10-6-14-15(2)7-10/h3-8,16H,1-2H3/t8-/m0/s1. The number of nitrogens with zero attached hydrogens (tertiary/aromatic N) is 2. The van der Waals surface area contributed by atoms with Gasteiger partial charge in [-0.05, 0) is 40.5 Å². The largest absolute Gasteiger partial charge is 0.453 e. The molecule has 2 aromatic rings. The molecule has 1 heterocycles. The van der Waals surface area contributed by atoms with Crippen molar-refractivity contribution in [2.75, 3.05) is 0 Å². The molecule has 0 bridgehead atoms. The number of ether oxygens (including phenoxy) is 1. The number of aromatic nitrogens is 2. The van der Waals surface area contributed by atoms with Crippen LogP contribution in [0.3, 0.4) is 0 Å². The van der Waals surface area contributed by atoms with Crippen LogP contribution < -0.4 is 4.74 Å². The van der Waals surface area contributed by atoms with Crippen molar-refractivity contribution in [1.29, 1.82) is 0 Å². The normalized spacial score (nSPS) is 12.5. The lowest BCUT2D eigenvalue weighted by Crippen LogP contribution is -1.92. The Morgan fingerprint density at radius 3 is 2.76 bits per heavy atom. The lowest BCUT2D eigenvalue weighted by molar-refractivity contribution is 0.199. The Kier molecular flexibility index (Phi) is 3.49. The quantitative estimate of drug-likeness (QED) is 0.947. The lowest BCUT2D eigenvalue weighted by atomic mass is 10.1. The molecular weight excluding hydrogens is 284 g/mol. The second-order valence-corrected chi connectivity index (χ2v) is 4.67. The molecule has 17 heavy (non-hydrogen) atoms. The summed E-state index contributed by atoms with van der Waals surface area (Å²) in [7, 11) is 1.83. The van der Waals surface area contributed by atoms with Gasteiger partial charge in [-0.1, -0.05) is 6.07 Å². The van der Waals surface area contributed by atoms with Gasteiger partial charge in [0.1, 0.15) is 5.75 Å². The van der Waals surface area contributed by atoms with Gasteiger partial charge < -0.3 is 9.84 Å². The fraction of sp³-hybridized carbons (Fsp3) is 0.250. The molecule has 0 saturated heterocycles. The summed E-state index contributed by atoms with van der Waals surface area (Å²) in [6.45, 7) is 1.73. The number of hydrogen-bond acceptors (Lipinski definition) is 3.